The van der Waals surface area contributed by atoms with Gasteiger partial charge >= 0.3 is 0 Å². The van der Waals surface area contributed by atoms with E-state index in [0.717, 1.165) is 29.5 Å². The van der Waals surface area contributed by atoms with Crippen molar-refractivity contribution in [3.8, 4) is 5.75 Å². The zero-order chi connectivity index (χ0) is 15.4. The first-order valence-corrected chi connectivity index (χ1v) is 8.68. The van der Waals surface area contributed by atoms with Gasteiger partial charge in [0, 0.05) is 23.4 Å². The fourth-order valence-corrected chi connectivity index (χ4v) is 3.86. The lowest BCUT2D eigenvalue weighted by Crippen LogP contribution is -2.17. The van der Waals surface area contributed by atoms with Gasteiger partial charge in [-0.05, 0) is 38.9 Å². The number of halogens is 1. The molecular formula is C16H25FN2OS. The lowest BCUT2D eigenvalue weighted by atomic mass is 10.2. The van der Waals surface area contributed by atoms with Crippen LogP contribution >= 0.6 is 11.8 Å². The number of rotatable bonds is 6. The second-order valence-electron chi connectivity index (χ2n) is 5.77. The highest BCUT2D eigenvalue weighted by molar-refractivity contribution is 7.99. The van der Waals surface area contributed by atoms with Gasteiger partial charge in [-0.1, -0.05) is 6.92 Å². The number of anilines is 2. The first-order chi connectivity index (χ1) is 9.99. The van der Waals surface area contributed by atoms with Crippen LogP contribution in [0.5, 0.6) is 5.75 Å². The number of thioether (sulfide) groups is 1. The van der Waals surface area contributed by atoms with Gasteiger partial charge in [0.1, 0.15) is 0 Å². The van der Waals surface area contributed by atoms with Crippen LogP contribution in [0.15, 0.2) is 12.1 Å². The summed E-state index contributed by atoms with van der Waals surface area (Å²) in [7, 11) is 0. The van der Waals surface area contributed by atoms with Crippen LogP contribution in [-0.2, 0) is 0 Å². The molecule has 1 saturated carbocycles. The summed E-state index contributed by atoms with van der Waals surface area (Å²) in [6.45, 7) is 5.96. The molecule has 3 nitrogen and oxygen atoms in total. The van der Waals surface area contributed by atoms with Crippen LogP contribution in [-0.4, -0.2) is 23.1 Å². The number of nitrogens with one attached hydrogen (secondary N) is 1. The van der Waals surface area contributed by atoms with Crippen LogP contribution in [0.2, 0.25) is 0 Å². The third-order valence-corrected chi connectivity index (χ3v) is 4.85. The molecule has 1 aromatic carbocycles. The van der Waals surface area contributed by atoms with Gasteiger partial charge in [0.05, 0.1) is 17.5 Å². The normalized spacial score (nSPS) is 21.8. The molecule has 2 atom stereocenters. The molecule has 21 heavy (non-hydrogen) atoms. The predicted octanol–water partition coefficient (Wildman–Crippen LogP) is 4.28. The molecule has 0 spiro atoms. The summed E-state index contributed by atoms with van der Waals surface area (Å²) < 4.78 is 19.3. The molecule has 2 unspecified atom stereocenters. The minimum absolute atomic E-state index is 0.0622. The van der Waals surface area contributed by atoms with E-state index in [9.17, 15) is 4.39 Å². The fraction of sp³-hybridized carbons (Fsp3) is 0.625. The zero-order valence-corrected chi connectivity index (χ0v) is 13.8. The third kappa shape index (κ3) is 4.43. The summed E-state index contributed by atoms with van der Waals surface area (Å²) in [6.07, 6.45) is 3.43. The van der Waals surface area contributed by atoms with Crippen molar-refractivity contribution in [1.29, 1.82) is 0 Å². The summed E-state index contributed by atoms with van der Waals surface area (Å²) in [5.74, 6) is 1.01. The van der Waals surface area contributed by atoms with Crippen molar-refractivity contribution in [1.82, 2.24) is 0 Å². The standard InChI is InChI=1S/C16H25FN2OS/c1-4-21-12-6-5-11(7-12)19-15-9-16(20-10(2)3)13(17)8-14(15)18/h8-12,19H,4-7,18H2,1-3H3. The van der Waals surface area contributed by atoms with E-state index in [4.69, 9.17) is 10.5 Å². The van der Waals surface area contributed by atoms with E-state index in [1.54, 1.807) is 6.07 Å². The summed E-state index contributed by atoms with van der Waals surface area (Å²) in [5.41, 5.74) is 7.15. The number of ether oxygens (including phenoxy) is 1. The maximum atomic E-state index is 13.8. The fourth-order valence-electron chi connectivity index (χ4n) is 2.72. The van der Waals surface area contributed by atoms with Gasteiger partial charge in [-0.3, -0.25) is 0 Å². The van der Waals surface area contributed by atoms with Crippen molar-refractivity contribution in [3.05, 3.63) is 17.9 Å². The molecule has 3 N–H and O–H groups in total. The molecule has 1 aliphatic carbocycles. The Morgan fingerprint density at radius 2 is 2.19 bits per heavy atom. The molecule has 0 bridgehead atoms. The molecule has 1 aromatic rings. The SMILES string of the molecule is CCSC1CCC(Nc2cc(OC(C)C)c(F)cc2N)C1. The molecule has 0 amide bonds. The molecule has 0 radical (unpaired) electrons. The summed E-state index contributed by atoms with van der Waals surface area (Å²) in [4.78, 5) is 0. The van der Waals surface area contributed by atoms with Gasteiger partial charge in [-0.25, -0.2) is 4.39 Å². The molecule has 5 heteroatoms. The molecule has 1 fully saturated rings. The van der Waals surface area contributed by atoms with Gasteiger partial charge in [0.2, 0.25) is 0 Å². The van der Waals surface area contributed by atoms with Crippen LogP contribution in [0.25, 0.3) is 0 Å². The van der Waals surface area contributed by atoms with Crippen molar-refractivity contribution in [2.75, 3.05) is 16.8 Å². The molecular weight excluding hydrogens is 287 g/mol. The maximum absolute atomic E-state index is 13.8. The Kier molecular flexibility index (Phi) is 5.62. The van der Waals surface area contributed by atoms with Gasteiger partial charge in [0.25, 0.3) is 0 Å². The van der Waals surface area contributed by atoms with E-state index < -0.39 is 5.82 Å². The minimum Gasteiger partial charge on any atom is -0.488 e. The Morgan fingerprint density at radius 1 is 1.43 bits per heavy atom. The Bertz CT molecular complexity index is 482. The number of benzene rings is 1. The first-order valence-electron chi connectivity index (χ1n) is 7.63. The van der Waals surface area contributed by atoms with E-state index in [2.05, 4.69) is 12.2 Å². The summed E-state index contributed by atoms with van der Waals surface area (Å²) in [6, 6.07) is 3.44. The lowest BCUT2D eigenvalue weighted by molar-refractivity contribution is 0.231. The zero-order valence-electron chi connectivity index (χ0n) is 13.0. The molecule has 0 saturated heterocycles. The van der Waals surface area contributed by atoms with Gasteiger partial charge in [0.15, 0.2) is 11.6 Å². The molecule has 0 aliphatic heterocycles. The van der Waals surface area contributed by atoms with E-state index in [0.29, 0.717) is 11.7 Å². The second kappa shape index (κ2) is 7.25. The van der Waals surface area contributed by atoms with E-state index >= 15 is 0 Å². The van der Waals surface area contributed by atoms with Crippen molar-refractivity contribution < 1.29 is 9.13 Å². The number of hydrogen-bond donors (Lipinski definition) is 2. The average molecular weight is 312 g/mol. The predicted molar refractivity (Wildman–Crippen MR) is 89.8 cm³/mol. The van der Waals surface area contributed by atoms with Crippen LogP contribution < -0.4 is 15.8 Å². The topological polar surface area (TPSA) is 47.3 Å². The largest absolute Gasteiger partial charge is 0.488 e. The highest BCUT2D eigenvalue weighted by atomic mass is 32.2. The van der Waals surface area contributed by atoms with Gasteiger partial charge in [-0.2, -0.15) is 11.8 Å². The number of nitrogen functional groups attached to an aromatic ring is 1. The van der Waals surface area contributed by atoms with Crippen molar-refractivity contribution >= 4 is 23.1 Å². The summed E-state index contributed by atoms with van der Waals surface area (Å²) >= 11 is 2.02. The molecule has 118 valence electrons. The van der Waals surface area contributed by atoms with E-state index in [-0.39, 0.29) is 11.9 Å². The van der Waals surface area contributed by atoms with Gasteiger partial charge < -0.3 is 15.8 Å². The average Bonchev–Trinajstić information content (AvgIpc) is 2.82. The van der Waals surface area contributed by atoms with Crippen LogP contribution in [0.3, 0.4) is 0 Å². The van der Waals surface area contributed by atoms with Crippen LogP contribution in [0.1, 0.15) is 40.0 Å². The number of hydrogen-bond acceptors (Lipinski definition) is 4. The lowest BCUT2D eigenvalue weighted by Gasteiger charge is -2.18. The third-order valence-electron chi connectivity index (χ3n) is 3.61. The van der Waals surface area contributed by atoms with E-state index in [1.165, 1.54) is 12.5 Å². The molecule has 2 rings (SSSR count). The number of nitrogens with two attached hydrogens (primary N) is 1. The quantitative estimate of drug-likeness (QED) is 0.770. The minimum atomic E-state index is -0.405. The van der Waals surface area contributed by atoms with Crippen LogP contribution in [0, 0.1) is 5.82 Å². The molecule has 0 aromatic heterocycles. The smallest absolute Gasteiger partial charge is 0.167 e. The molecule has 1 aliphatic rings. The maximum Gasteiger partial charge on any atom is 0.167 e. The van der Waals surface area contributed by atoms with Crippen molar-refractivity contribution in [2.45, 2.75) is 57.4 Å². The van der Waals surface area contributed by atoms with Crippen LogP contribution in [0.4, 0.5) is 15.8 Å². The van der Waals surface area contributed by atoms with Gasteiger partial charge in [-0.15, -0.1) is 0 Å². The Morgan fingerprint density at radius 3 is 2.86 bits per heavy atom. The summed E-state index contributed by atoms with van der Waals surface area (Å²) in [5, 5.41) is 4.18. The van der Waals surface area contributed by atoms with E-state index in [1.807, 2.05) is 25.6 Å². The first kappa shape index (κ1) is 16.3. The Labute approximate surface area is 130 Å². The second-order valence-corrected chi connectivity index (χ2v) is 7.35. The Balaban J connectivity index is 2.06. The van der Waals surface area contributed by atoms with Crippen molar-refractivity contribution in [2.24, 2.45) is 0 Å². The van der Waals surface area contributed by atoms with Crippen molar-refractivity contribution in [3.63, 3.8) is 0 Å². The molecule has 0 heterocycles. The highest BCUT2D eigenvalue weighted by Gasteiger charge is 2.25. The Hall–Kier alpha value is -1.10. The monoisotopic (exact) mass is 312 g/mol. The highest BCUT2D eigenvalue weighted by Crippen LogP contribution is 2.34.